The fourth-order valence-electron chi connectivity index (χ4n) is 1.24. The molecule has 1 aromatic heterocycles. The highest BCUT2D eigenvalue weighted by Gasteiger charge is 2.05. The Kier molecular flexibility index (Phi) is 3.49. The molecular weight excluding hydrogens is 320 g/mol. The number of halogens is 2. The summed E-state index contributed by atoms with van der Waals surface area (Å²) in [6.45, 7) is 0. The summed E-state index contributed by atoms with van der Waals surface area (Å²) < 4.78 is 1.01. The van der Waals surface area contributed by atoms with Crippen molar-refractivity contribution in [1.29, 1.82) is 0 Å². The van der Waals surface area contributed by atoms with Gasteiger partial charge in [-0.15, -0.1) is 0 Å². The van der Waals surface area contributed by atoms with E-state index in [0.29, 0.717) is 0 Å². The molecule has 1 heterocycles. The molecule has 2 rings (SSSR count). The molecule has 15 heavy (non-hydrogen) atoms. The minimum absolute atomic E-state index is 0.743. The molecule has 0 bridgehead atoms. The van der Waals surface area contributed by atoms with Crippen LogP contribution >= 0.6 is 31.9 Å². The van der Waals surface area contributed by atoms with Gasteiger partial charge in [-0.25, -0.2) is 9.97 Å². The normalized spacial score (nSPS) is 10.3. The van der Waals surface area contributed by atoms with Crippen molar-refractivity contribution in [3.63, 3.8) is 0 Å². The maximum Gasteiger partial charge on any atom is 0.160 e. The van der Waals surface area contributed by atoms with E-state index < -0.39 is 0 Å². The summed E-state index contributed by atoms with van der Waals surface area (Å²) in [6.07, 6.45) is 1.78. The number of benzene rings is 1. The number of aromatic nitrogens is 2. The van der Waals surface area contributed by atoms with Gasteiger partial charge in [0.25, 0.3) is 0 Å². The van der Waals surface area contributed by atoms with Crippen LogP contribution in [0.15, 0.2) is 41.0 Å². The summed E-state index contributed by atoms with van der Waals surface area (Å²) in [4.78, 5) is 8.69. The second-order valence-electron chi connectivity index (χ2n) is 2.99. The average Bonchev–Trinajstić information content (AvgIpc) is 2.30. The maximum atomic E-state index is 4.43. The van der Waals surface area contributed by atoms with E-state index in [0.717, 1.165) is 26.9 Å². The van der Waals surface area contributed by atoms with Crippen molar-refractivity contribution in [2.75, 3.05) is 0 Å². The van der Waals surface area contributed by atoms with Crippen LogP contribution in [0.5, 0.6) is 0 Å². The molecular formula is C11H8Br2N2. The fraction of sp³-hybridized carbons (Fsp3) is 0.0909. The third kappa shape index (κ3) is 2.44. The molecule has 0 aliphatic carbocycles. The van der Waals surface area contributed by atoms with Crippen LogP contribution in [0.2, 0.25) is 0 Å². The lowest BCUT2D eigenvalue weighted by atomic mass is 10.2. The summed E-state index contributed by atoms with van der Waals surface area (Å²) in [7, 11) is 0. The number of rotatable bonds is 2. The first-order valence-corrected chi connectivity index (χ1v) is 6.35. The van der Waals surface area contributed by atoms with Gasteiger partial charge in [-0.1, -0.05) is 50.1 Å². The first kappa shape index (κ1) is 10.8. The van der Waals surface area contributed by atoms with Crippen LogP contribution in [-0.4, -0.2) is 9.97 Å². The number of nitrogens with zero attached hydrogens (tertiary/aromatic N) is 2. The van der Waals surface area contributed by atoms with Crippen molar-refractivity contribution in [3.8, 4) is 11.4 Å². The van der Waals surface area contributed by atoms with Gasteiger partial charge in [0.15, 0.2) is 5.82 Å². The molecule has 0 aliphatic heterocycles. The van der Waals surface area contributed by atoms with Crippen molar-refractivity contribution < 1.29 is 0 Å². The lowest BCUT2D eigenvalue weighted by molar-refractivity contribution is 1.10. The summed E-state index contributed by atoms with van der Waals surface area (Å²) in [5, 5.41) is 0.743. The SMILES string of the molecule is BrCc1ccnc(-c2ccccc2Br)n1. The summed E-state index contributed by atoms with van der Waals surface area (Å²) in [6, 6.07) is 9.83. The number of hydrogen-bond donors (Lipinski definition) is 0. The van der Waals surface area contributed by atoms with Gasteiger partial charge >= 0.3 is 0 Å². The zero-order valence-corrected chi connectivity index (χ0v) is 11.0. The highest BCUT2D eigenvalue weighted by molar-refractivity contribution is 9.10. The Labute approximate surface area is 105 Å². The minimum atomic E-state index is 0.743. The van der Waals surface area contributed by atoms with Gasteiger partial charge in [0.2, 0.25) is 0 Å². The van der Waals surface area contributed by atoms with Crippen LogP contribution in [0.1, 0.15) is 5.69 Å². The van der Waals surface area contributed by atoms with Crippen molar-refractivity contribution in [3.05, 3.63) is 46.7 Å². The van der Waals surface area contributed by atoms with Crippen LogP contribution in [0.25, 0.3) is 11.4 Å². The predicted molar refractivity (Wildman–Crippen MR) is 67.8 cm³/mol. The molecule has 76 valence electrons. The molecule has 4 heteroatoms. The third-order valence-electron chi connectivity index (χ3n) is 1.96. The van der Waals surface area contributed by atoms with Gasteiger partial charge in [-0.3, -0.25) is 0 Å². The number of alkyl halides is 1. The van der Waals surface area contributed by atoms with E-state index in [4.69, 9.17) is 0 Å². The molecule has 0 saturated heterocycles. The van der Waals surface area contributed by atoms with Gasteiger partial charge in [0.1, 0.15) is 0 Å². The Hall–Kier alpha value is -0.740. The van der Waals surface area contributed by atoms with Crippen LogP contribution in [-0.2, 0) is 5.33 Å². The van der Waals surface area contributed by atoms with Gasteiger partial charge in [-0.2, -0.15) is 0 Å². The molecule has 0 amide bonds. The van der Waals surface area contributed by atoms with E-state index in [9.17, 15) is 0 Å². The van der Waals surface area contributed by atoms with Gasteiger partial charge < -0.3 is 0 Å². The summed E-state index contributed by atoms with van der Waals surface area (Å²) >= 11 is 6.87. The van der Waals surface area contributed by atoms with E-state index in [-0.39, 0.29) is 0 Å². The Morgan fingerprint density at radius 2 is 1.93 bits per heavy atom. The van der Waals surface area contributed by atoms with Crippen LogP contribution in [0.4, 0.5) is 0 Å². The van der Waals surface area contributed by atoms with Crippen LogP contribution in [0.3, 0.4) is 0 Å². The number of hydrogen-bond acceptors (Lipinski definition) is 2. The van der Waals surface area contributed by atoms with E-state index in [2.05, 4.69) is 41.8 Å². The van der Waals surface area contributed by atoms with E-state index in [1.807, 2.05) is 30.3 Å². The van der Waals surface area contributed by atoms with Crippen LogP contribution in [0, 0.1) is 0 Å². The smallest absolute Gasteiger partial charge is 0.160 e. The summed E-state index contributed by atoms with van der Waals surface area (Å²) in [5.41, 5.74) is 2.00. The molecule has 2 nitrogen and oxygen atoms in total. The average molecular weight is 328 g/mol. The summed E-state index contributed by atoms with van der Waals surface area (Å²) in [5.74, 6) is 0.749. The molecule has 1 aromatic carbocycles. The standard InChI is InChI=1S/C11H8Br2N2/c12-7-8-5-6-14-11(15-8)9-3-1-2-4-10(9)13/h1-6H,7H2. The largest absolute Gasteiger partial charge is 0.237 e. The molecule has 0 radical (unpaired) electrons. The molecule has 0 N–H and O–H groups in total. The minimum Gasteiger partial charge on any atom is -0.237 e. The van der Waals surface area contributed by atoms with Crippen molar-refractivity contribution in [2.24, 2.45) is 0 Å². The quantitative estimate of drug-likeness (QED) is 0.784. The third-order valence-corrected chi connectivity index (χ3v) is 3.23. The second-order valence-corrected chi connectivity index (χ2v) is 4.40. The zero-order chi connectivity index (χ0) is 10.7. The molecule has 0 saturated carbocycles. The van der Waals surface area contributed by atoms with E-state index in [1.165, 1.54) is 0 Å². The first-order valence-electron chi connectivity index (χ1n) is 4.44. The molecule has 0 atom stereocenters. The fourth-order valence-corrected chi connectivity index (χ4v) is 2.02. The van der Waals surface area contributed by atoms with E-state index in [1.54, 1.807) is 6.20 Å². The highest BCUT2D eigenvalue weighted by Crippen LogP contribution is 2.24. The molecule has 2 aromatic rings. The van der Waals surface area contributed by atoms with Crippen molar-refractivity contribution >= 4 is 31.9 Å². The monoisotopic (exact) mass is 326 g/mol. The Bertz CT molecular complexity index is 472. The molecule has 0 aliphatic rings. The molecule has 0 unspecified atom stereocenters. The second kappa shape index (κ2) is 4.86. The Morgan fingerprint density at radius 3 is 2.67 bits per heavy atom. The van der Waals surface area contributed by atoms with Crippen molar-refractivity contribution in [1.82, 2.24) is 9.97 Å². The van der Waals surface area contributed by atoms with Crippen LogP contribution < -0.4 is 0 Å². The Morgan fingerprint density at radius 1 is 1.13 bits per heavy atom. The first-order chi connectivity index (χ1) is 7.31. The Balaban J connectivity index is 2.49. The lowest BCUT2D eigenvalue weighted by Gasteiger charge is -2.03. The van der Waals surface area contributed by atoms with Crippen molar-refractivity contribution in [2.45, 2.75) is 5.33 Å². The zero-order valence-electron chi connectivity index (χ0n) is 7.82. The highest BCUT2D eigenvalue weighted by atomic mass is 79.9. The maximum absolute atomic E-state index is 4.43. The van der Waals surface area contributed by atoms with Gasteiger partial charge in [0.05, 0.1) is 5.69 Å². The predicted octanol–water partition coefficient (Wildman–Crippen LogP) is 3.80. The topological polar surface area (TPSA) is 25.8 Å². The molecule has 0 spiro atoms. The lowest BCUT2D eigenvalue weighted by Crippen LogP contribution is -1.92. The van der Waals surface area contributed by atoms with E-state index >= 15 is 0 Å². The van der Waals surface area contributed by atoms with Gasteiger partial charge in [0, 0.05) is 21.6 Å². The molecule has 0 fully saturated rings. The van der Waals surface area contributed by atoms with Gasteiger partial charge in [-0.05, 0) is 12.1 Å².